The molecule has 0 saturated heterocycles. The second kappa shape index (κ2) is 6.99. The van der Waals surface area contributed by atoms with E-state index in [1.165, 1.54) is 5.57 Å². The van der Waals surface area contributed by atoms with E-state index in [-0.39, 0.29) is 23.2 Å². The number of aliphatic hydroxyl groups is 2. The molecule has 3 fully saturated rings. The maximum atomic E-state index is 12.3. The van der Waals surface area contributed by atoms with Gasteiger partial charge >= 0.3 is 0 Å². The molecule has 7 nitrogen and oxygen atoms in total. The van der Waals surface area contributed by atoms with E-state index < -0.39 is 22.2 Å². The summed E-state index contributed by atoms with van der Waals surface area (Å²) in [5.41, 5.74) is 1.28. The molecule has 3 saturated carbocycles. The van der Waals surface area contributed by atoms with Crippen molar-refractivity contribution < 1.29 is 15.0 Å². The molecule has 0 radical (unpaired) electrons. The van der Waals surface area contributed by atoms with Crippen molar-refractivity contribution >= 4 is 23.8 Å². The molecule has 2 N–H and O–H groups in total. The molecule has 2 aromatic rings. The summed E-state index contributed by atoms with van der Waals surface area (Å²) in [5, 5.41) is 27.0. The van der Waals surface area contributed by atoms with Crippen LogP contribution in [0.15, 0.2) is 30.4 Å². The van der Waals surface area contributed by atoms with Gasteiger partial charge in [0.1, 0.15) is 5.60 Å². The number of rotatable bonds is 2. The number of hydrogen-bond acceptors (Lipinski definition) is 6. The number of carbonyl (C=O) groups excluding carboxylic acids is 1. The van der Waals surface area contributed by atoms with Gasteiger partial charge in [-0.15, -0.1) is 12.6 Å². The fraction of sp³-hybridized carbons (Fsp3) is 0.600. The zero-order valence-electron chi connectivity index (χ0n) is 19.0. The van der Waals surface area contributed by atoms with Crippen LogP contribution in [-0.4, -0.2) is 46.8 Å². The average Bonchev–Trinajstić information content (AvgIpc) is 3.30. The first kappa shape index (κ1) is 21.5. The zero-order chi connectivity index (χ0) is 23.2. The summed E-state index contributed by atoms with van der Waals surface area (Å²) in [6.45, 7) is 4.28. The molecule has 0 bridgehead atoms. The van der Waals surface area contributed by atoms with Crippen molar-refractivity contribution in [2.45, 2.75) is 64.1 Å². The Morgan fingerprint density at radius 1 is 1.24 bits per heavy atom. The van der Waals surface area contributed by atoms with E-state index in [2.05, 4.69) is 40.7 Å². The van der Waals surface area contributed by atoms with Crippen LogP contribution in [-0.2, 0) is 11.2 Å². The van der Waals surface area contributed by atoms with E-state index in [0.717, 1.165) is 36.9 Å². The molecule has 0 unspecified atom stereocenters. The quantitative estimate of drug-likeness (QED) is 0.588. The SMILES string of the molecule is C[C@]12Cc3cnn(-c4cnccn4)c3C=C1CC[C@@H]1[C@@H]2[C@@H](O)C[C@@]2(C)[C@H]1CC[C@]2(O)C(=O)S. The lowest BCUT2D eigenvalue weighted by Crippen LogP contribution is -2.61. The minimum absolute atomic E-state index is 0.0842. The summed E-state index contributed by atoms with van der Waals surface area (Å²) < 4.78 is 1.85. The molecule has 0 amide bonds. The minimum Gasteiger partial charge on any atom is -0.393 e. The highest BCUT2D eigenvalue weighted by atomic mass is 32.1. The van der Waals surface area contributed by atoms with Crippen LogP contribution >= 0.6 is 12.6 Å². The van der Waals surface area contributed by atoms with Crippen molar-refractivity contribution in [3.05, 3.63) is 41.6 Å². The Labute approximate surface area is 198 Å². The maximum Gasteiger partial charge on any atom is 0.218 e. The molecule has 4 aliphatic carbocycles. The lowest BCUT2D eigenvalue weighted by atomic mass is 9.45. The normalized spacial score (nSPS) is 41.4. The zero-order valence-corrected chi connectivity index (χ0v) is 19.9. The second-order valence-corrected chi connectivity index (χ2v) is 11.4. The van der Waals surface area contributed by atoms with Crippen LogP contribution < -0.4 is 0 Å². The Balaban J connectivity index is 1.39. The molecule has 4 aliphatic rings. The Morgan fingerprint density at radius 2 is 2.06 bits per heavy atom. The Morgan fingerprint density at radius 3 is 2.79 bits per heavy atom. The number of fused-ring (bicyclic) bond motifs is 6. The third-order valence-electron chi connectivity index (χ3n) is 9.70. The number of carbonyl (C=O) groups is 1. The monoisotopic (exact) mass is 466 g/mol. The predicted octanol–water partition coefficient (Wildman–Crippen LogP) is 3.00. The summed E-state index contributed by atoms with van der Waals surface area (Å²) in [6.07, 6.45) is 13.0. The smallest absolute Gasteiger partial charge is 0.218 e. The van der Waals surface area contributed by atoms with Gasteiger partial charge in [-0.1, -0.05) is 19.4 Å². The number of thiol groups is 1. The molecule has 7 atom stereocenters. The van der Waals surface area contributed by atoms with Gasteiger partial charge in [0.2, 0.25) is 5.12 Å². The Kier molecular flexibility index (Phi) is 4.56. The van der Waals surface area contributed by atoms with Gasteiger partial charge < -0.3 is 10.2 Å². The number of nitrogens with zero attached hydrogens (tertiary/aromatic N) is 4. The van der Waals surface area contributed by atoms with Gasteiger partial charge in [0.05, 0.1) is 24.2 Å². The van der Waals surface area contributed by atoms with Gasteiger partial charge in [-0.05, 0) is 73.3 Å². The van der Waals surface area contributed by atoms with Crippen molar-refractivity contribution in [3.63, 3.8) is 0 Å². The van der Waals surface area contributed by atoms with E-state index in [4.69, 9.17) is 0 Å². The molecule has 174 valence electrons. The second-order valence-electron chi connectivity index (χ2n) is 11.0. The number of aliphatic hydroxyl groups excluding tert-OH is 1. The summed E-state index contributed by atoms with van der Waals surface area (Å²) in [5.74, 6) is 1.25. The fourth-order valence-electron chi connectivity index (χ4n) is 8.12. The summed E-state index contributed by atoms with van der Waals surface area (Å²) in [6, 6.07) is 0. The third kappa shape index (κ3) is 2.71. The first-order valence-electron chi connectivity index (χ1n) is 11.9. The first-order chi connectivity index (χ1) is 15.7. The summed E-state index contributed by atoms with van der Waals surface area (Å²) in [4.78, 5) is 20.9. The molecule has 2 aromatic heterocycles. The lowest BCUT2D eigenvalue weighted by molar-refractivity contribution is -0.173. The Bertz CT molecular complexity index is 1170. The Hall–Kier alpha value is -2.03. The van der Waals surface area contributed by atoms with Crippen molar-refractivity contribution in [2.75, 3.05) is 0 Å². The van der Waals surface area contributed by atoms with Crippen molar-refractivity contribution in [3.8, 4) is 5.82 Å². The van der Waals surface area contributed by atoms with Gasteiger partial charge in [-0.3, -0.25) is 9.78 Å². The van der Waals surface area contributed by atoms with Crippen LogP contribution in [0.25, 0.3) is 11.9 Å². The summed E-state index contributed by atoms with van der Waals surface area (Å²) in [7, 11) is 0. The van der Waals surface area contributed by atoms with Gasteiger partial charge in [-0.2, -0.15) is 5.10 Å². The molecular weight excluding hydrogens is 436 g/mol. The van der Waals surface area contributed by atoms with E-state index in [1.807, 2.05) is 17.8 Å². The number of hydrogen-bond donors (Lipinski definition) is 3. The van der Waals surface area contributed by atoms with E-state index in [0.29, 0.717) is 18.7 Å². The molecule has 2 heterocycles. The highest BCUT2D eigenvalue weighted by molar-refractivity contribution is 7.96. The summed E-state index contributed by atoms with van der Waals surface area (Å²) >= 11 is 4.05. The maximum absolute atomic E-state index is 12.3. The van der Waals surface area contributed by atoms with Crippen LogP contribution in [0.2, 0.25) is 0 Å². The molecule has 0 spiro atoms. The van der Waals surface area contributed by atoms with Crippen LogP contribution in [0.3, 0.4) is 0 Å². The number of aromatic nitrogens is 4. The van der Waals surface area contributed by atoms with Crippen molar-refractivity contribution in [1.82, 2.24) is 19.7 Å². The lowest BCUT2D eigenvalue weighted by Gasteiger charge is -2.60. The van der Waals surface area contributed by atoms with Crippen molar-refractivity contribution in [2.24, 2.45) is 28.6 Å². The van der Waals surface area contributed by atoms with Crippen LogP contribution in [0, 0.1) is 28.6 Å². The highest BCUT2D eigenvalue weighted by Gasteiger charge is 2.68. The topological polar surface area (TPSA) is 101 Å². The van der Waals surface area contributed by atoms with E-state index in [1.54, 1.807) is 18.6 Å². The number of allylic oxidation sites excluding steroid dienone is 1. The van der Waals surface area contributed by atoms with Gasteiger partial charge in [0, 0.05) is 17.8 Å². The molecule has 33 heavy (non-hydrogen) atoms. The molecule has 6 rings (SSSR count). The largest absolute Gasteiger partial charge is 0.393 e. The molecular formula is C25H30N4O3S. The van der Waals surface area contributed by atoms with Crippen LogP contribution in [0.1, 0.15) is 57.2 Å². The van der Waals surface area contributed by atoms with Gasteiger partial charge in [0.15, 0.2) is 5.82 Å². The predicted molar refractivity (Wildman–Crippen MR) is 126 cm³/mol. The van der Waals surface area contributed by atoms with E-state index in [9.17, 15) is 15.0 Å². The standard InChI is InChI=1S/C25H30N4O3S/c1-23-10-14-12-28-29(20-13-26-7-8-27-20)18(14)9-15(23)3-4-16-17-5-6-25(32,22(31)33)24(17,2)11-19(30)21(16)23/h7-9,12-13,16-17,19,21,30,32H,3-6,10-11H2,1-2H3,(H,31,33)/t16-,17-,19-,21+,23-,24-,25-/m0/s1. The fourth-order valence-corrected chi connectivity index (χ4v) is 8.49. The van der Waals surface area contributed by atoms with Gasteiger partial charge in [-0.25, -0.2) is 9.67 Å². The molecule has 0 aromatic carbocycles. The minimum atomic E-state index is -1.46. The first-order valence-corrected chi connectivity index (χ1v) is 12.3. The average molecular weight is 467 g/mol. The van der Waals surface area contributed by atoms with Crippen molar-refractivity contribution in [1.29, 1.82) is 0 Å². The molecule has 8 heteroatoms. The van der Waals surface area contributed by atoms with Crippen LogP contribution in [0.5, 0.6) is 0 Å². The van der Waals surface area contributed by atoms with Gasteiger partial charge in [0.25, 0.3) is 0 Å². The highest BCUT2D eigenvalue weighted by Crippen LogP contribution is 2.67. The van der Waals surface area contributed by atoms with Crippen LogP contribution in [0.4, 0.5) is 0 Å². The van der Waals surface area contributed by atoms with E-state index >= 15 is 0 Å². The third-order valence-corrected chi connectivity index (χ3v) is 10.1. The molecule has 0 aliphatic heterocycles.